The Balaban J connectivity index is 1.59. The van der Waals surface area contributed by atoms with Crippen LogP contribution in [0.4, 0.5) is 30.2 Å². The van der Waals surface area contributed by atoms with Crippen LogP contribution in [0.2, 0.25) is 0 Å². The third-order valence-corrected chi connectivity index (χ3v) is 6.96. The maximum absolute atomic E-state index is 15.4. The van der Waals surface area contributed by atoms with E-state index in [4.69, 9.17) is 9.47 Å². The second-order valence-electron chi connectivity index (χ2n) is 9.48. The van der Waals surface area contributed by atoms with Crippen molar-refractivity contribution in [3.63, 3.8) is 0 Å². The van der Waals surface area contributed by atoms with Crippen LogP contribution < -0.4 is 15.0 Å². The highest BCUT2D eigenvalue weighted by atomic mass is 19.1. The molecule has 0 saturated carbocycles. The first-order valence-electron chi connectivity index (χ1n) is 12.9. The smallest absolute Gasteiger partial charge is 0.213 e. The van der Waals surface area contributed by atoms with Crippen LogP contribution >= 0.6 is 0 Å². The van der Waals surface area contributed by atoms with E-state index in [9.17, 15) is 4.39 Å². The van der Waals surface area contributed by atoms with Gasteiger partial charge in [0.15, 0.2) is 5.82 Å². The summed E-state index contributed by atoms with van der Waals surface area (Å²) in [4.78, 5) is 19.6. The Labute approximate surface area is 233 Å². The molecule has 0 spiro atoms. The molecular weight excluding hydrogens is 533 g/mol. The third-order valence-electron chi connectivity index (χ3n) is 6.96. The number of ether oxygens (including phenoxy) is 2. The van der Waals surface area contributed by atoms with Crippen molar-refractivity contribution in [1.29, 1.82) is 0 Å². The van der Waals surface area contributed by atoms with Crippen molar-refractivity contribution in [2.24, 2.45) is 0 Å². The molecule has 1 aromatic carbocycles. The van der Waals surface area contributed by atoms with Crippen molar-refractivity contribution < 1.29 is 22.6 Å². The van der Waals surface area contributed by atoms with E-state index in [1.165, 1.54) is 19.2 Å². The van der Waals surface area contributed by atoms with Gasteiger partial charge in [-0.15, -0.1) is 0 Å². The summed E-state index contributed by atoms with van der Waals surface area (Å²) >= 11 is 0. The minimum Gasteiger partial charge on any atom is -0.481 e. The number of methoxy groups -OCH3 is 1. The average molecular weight is 559 g/mol. The molecule has 1 N–H and O–H groups in total. The summed E-state index contributed by atoms with van der Waals surface area (Å²) in [7, 11) is 1.44. The number of halogens is 3. The monoisotopic (exact) mass is 558 g/mol. The second-order valence-corrected chi connectivity index (χ2v) is 9.48. The van der Waals surface area contributed by atoms with Crippen LogP contribution in [0.3, 0.4) is 0 Å². The summed E-state index contributed by atoms with van der Waals surface area (Å²) in [6, 6.07) is 10.6. The number of nitrogens with zero attached hydrogens (tertiary/aromatic N) is 5. The topological polar surface area (TPSA) is 85.3 Å². The highest BCUT2D eigenvalue weighted by Crippen LogP contribution is 2.40. The van der Waals surface area contributed by atoms with E-state index in [-0.39, 0.29) is 28.0 Å². The van der Waals surface area contributed by atoms with Gasteiger partial charge in [-0.3, -0.25) is 9.97 Å². The van der Waals surface area contributed by atoms with E-state index >= 15 is 8.78 Å². The zero-order valence-corrected chi connectivity index (χ0v) is 22.3. The van der Waals surface area contributed by atoms with Gasteiger partial charge in [-0.25, -0.2) is 23.1 Å². The lowest BCUT2D eigenvalue weighted by Crippen LogP contribution is -2.36. The molecule has 0 amide bonds. The van der Waals surface area contributed by atoms with Crippen LogP contribution in [0.5, 0.6) is 5.88 Å². The summed E-state index contributed by atoms with van der Waals surface area (Å²) in [6.45, 7) is 4.17. The maximum atomic E-state index is 15.4. The number of pyridine rings is 4. The number of rotatable bonds is 6. The molecule has 0 atom stereocenters. The fourth-order valence-electron chi connectivity index (χ4n) is 4.92. The van der Waals surface area contributed by atoms with Crippen molar-refractivity contribution in [1.82, 2.24) is 19.9 Å². The Morgan fingerprint density at radius 1 is 0.927 bits per heavy atom. The van der Waals surface area contributed by atoms with E-state index < -0.39 is 17.5 Å². The Bertz CT molecular complexity index is 1750. The molecule has 1 fully saturated rings. The Morgan fingerprint density at radius 3 is 2.51 bits per heavy atom. The lowest BCUT2D eigenvalue weighted by atomic mass is 10.0. The van der Waals surface area contributed by atoms with Gasteiger partial charge >= 0.3 is 0 Å². The number of nitrogens with one attached hydrogen (secondary N) is 1. The third kappa shape index (κ3) is 5.11. The van der Waals surface area contributed by atoms with Crippen molar-refractivity contribution in [3.05, 3.63) is 84.1 Å². The highest BCUT2D eigenvalue weighted by molar-refractivity contribution is 5.99. The van der Waals surface area contributed by atoms with Gasteiger partial charge < -0.3 is 19.7 Å². The summed E-state index contributed by atoms with van der Waals surface area (Å²) in [5, 5.41) is 3.40. The van der Waals surface area contributed by atoms with Crippen LogP contribution in [0.15, 0.2) is 61.1 Å². The molecule has 0 aliphatic carbocycles. The van der Waals surface area contributed by atoms with Crippen LogP contribution in [0.25, 0.3) is 33.5 Å². The number of anilines is 3. The molecule has 1 aliphatic rings. The van der Waals surface area contributed by atoms with Gasteiger partial charge in [-0.05, 0) is 25.1 Å². The molecule has 0 radical (unpaired) electrons. The molecule has 1 saturated heterocycles. The van der Waals surface area contributed by atoms with Crippen molar-refractivity contribution >= 4 is 28.0 Å². The first-order chi connectivity index (χ1) is 19.9. The minimum atomic E-state index is -0.790. The molecule has 4 aromatic heterocycles. The van der Waals surface area contributed by atoms with E-state index in [0.29, 0.717) is 54.6 Å². The summed E-state index contributed by atoms with van der Waals surface area (Å²) in [5.41, 5.74) is 3.54. The van der Waals surface area contributed by atoms with Crippen LogP contribution in [0, 0.1) is 24.4 Å². The maximum Gasteiger partial charge on any atom is 0.213 e. The van der Waals surface area contributed by atoms with Gasteiger partial charge in [0.2, 0.25) is 5.88 Å². The van der Waals surface area contributed by atoms with Gasteiger partial charge in [0.25, 0.3) is 0 Å². The number of benzene rings is 1. The van der Waals surface area contributed by atoms with Crippen LogP contribution in [0.1, 0.15) is 5.56 Å². The minimum absolute atomic E-state index is 0.0825. The highest BCUT2D eigenvalue weighted by Gasteiger charge is 2.22. The van der Waals surface area contributed by atoms with Gasteiger partial charge in [0, 0.05) is 48.6 Å². The number of morpholine rings is 1. The molecule has 1 aliphatic heterocycles. The standard InChI is InChI=1S/C30H25F3N6O2/c1-17-28(23-5-3-4-6-34-23)37-24-12-18(31)11-21(32)27(24)29(17)38-25-13-19(39-7-9-41-10-8-39)15-36-30(25)20-14-26(40-2)35-16-22(20)33/h3-6,11-16H,7-10H2,1-2H3,(H,37,38). The SMILES string of the molecule is COc1cc(-c2ncc(N3CCOCC3)cc2Nc2c(C)c(-c3ccccn3)nc3cc(F)cc(F)c23)c(F)cn1. The molecule has 5 heterocycles. The van der Waals surface area contributed by atoms with Crippen molar-refractivity contribution in [2.45, 2.75) is 6.92 Å². The van der Waals surface area contributed by atoms with Gasteiger partial charge in [0.05, 0.1) is 77.8 Å². The number of hydrogen-bond donors (Lipinski definition) is 1. The quantitative estimate of drug-likeness (QED) is 0.269. The number of aromatic nitrogens is 4. The number of fused-ring (bicyclic) bond motifs is 1. The summed E-state index contributed by atoms with van der Waals surface area (Å²) in [6.07, 6.45) is 4.34. The van der Waals surface area contributed by atoms with Gasteiger partial charge in [-0.2, -0.15) is 0 Å². The Hall–Kier alpha value is -4.77. The molecule has 0 unspecified atom stereocenters. The van der Waals surface area contributed by atoms with E-state index in [2.05, 4.69) is 30.2 Å². The van der Waals surface area contributed by atoms with E-state index in [0.717, 1.165) is 18.0 Å². The van der Waals surface area contributed by atoms with Crippen molar-refractivity contribution in [3.8, 4) is 28.5 Å². The zero-order chi connectivity index (χ0) is 28.5. The normalized spacial score (nSPS) is 13.4. The molecule has 208 valence electrons. The lowest BCUT2D eigenvalue weighted by molar-refractivity contribution is 0.122. The lowest BCUT2D eigenvalue weighted by Gasteiger charge is -2.29. The number of hydrogen-bond acceptors (Lipinski definition) is 8. The first kappa shape index (κ1) is 26.5. The van der Waals surface area contributed by atoms with Gasteiger partial charge in [0.1, 0.15) is 11.6 Å². The Morgan fingerprint density at radius 2 is 1.76 bits per heavy atom. The predicted octanol–water partition coefficient (Wildman–Crippen LogP) is 6.07. The zero-order valence-electron chi connectivity index (χ0n) is 22.3. The van der Waals surface area contributed by atoms with Crippen molar-refractivity contribution in [2.75, 3.05) is 43.6 Å². The predicted molar refractivity (Wildman–Crippen MR) is 150 cm³/mol. The molecule has 0 bridgehead atoms. The first-order valence-corrected chi connectivity index (χ1v) is 12.9. The van der Waals surface area contributed by atoms with Gasteiger partial charge in [-0.1, -0.05) is 6.07 Å². The van der Waals surface area contributed by atoms with Crippen LogP contribution in [-0.4, -0.2) is 53.3 Å². The fourth-order valence-corrected chi connectivity index (χ4v) is 4.92. The molecule has 41 heavy (non-hydrogen) atoms. The van der Waals surface area contributed by atoms with Crippen LogP contribution in [-0.2, 0) is 4.74 Å². The summed E-state index contributed by atoms with van der Waals surface area (Å²) in [5.74, 6) is -1.96. The molecule has 8 nitrogen and oxygen atoms in total. The second kappa shape index (κ2) is 11.0. The Kier molecular flexibility index (Phi) is 7.10. The molecule has 5 aromatic rings. The van der Waals surface area contributed by atoms with E-state index in [1.54, 1.807) is 37.5 Å². The average Bonchev–Trinajstić information content (AvgIpc) is 2.99. The molecular formula is C30H25F3N6O2. The molecule has 11 heteroatoms. The van der Waals surface area contributed by atoms with E-state index in [1.807, 2.05) is 6.07 Å². The largest absolute Gasteiger partial charge is 0.481 e. The molecule has 6 rings (SSSR count). The summed E-state index contributed by atoms with van der Waals surface area (Å²) < 4.78 is 55.7. The fraction of sp³-hybridized carbons (Fsp3) is 0.200.